The average Bonchev–Trinajstić information content (AvgIpc) is 3.16. The lowest BCUT2D eigenvalue weighted by Crippen LogP contribution is -2.32. The number of hydrogen-bond donors (Lipinski definition) is 1. The predicted octanol–water partition coefficient (Wildman–Crippen LogP) is 5.04. The molecular weight excluding hydrogens is 484 g/mol. The molecule has 0 radical (unpaired) electrons. The van der Waals surface area contributed by atoms with E-state index in [0.29, 0.717) is 54.6 Å². The molecular formula is C30H40N2O6. The number of rotatable bonds is 14. The van der Waals surface area contributed by atoms with Gasteiger partial charge in [0.2, 0.25) is 0 Å². The predicted molar refractivity (Wildman–Crippen MR) is 148 cm³/mol. The minimum absolute atomic E-state index is 0.0483. The van der Waals surface area contributed by atoms with E-state index in [1.54, 1.807) is 48.4 Å². The highest BCUT2D eigenvalue weighted by molar-refractivity contribution is 6.46. The summed E-state index contributed by atoms with van der Waals surface area (Å²) < 4.78 is 17.1. The number of likely N-dealkylation sites (tertiary alicyclic amines) is 1. The summed E-state index contributed by atoms with van der Waals surface area (Å²) in [6, 6.07) is 11.5. The van der Waals surface area contributed by atoms with Gasteiger partial charge in [-0.2, -0.15) is 0 Å². The van der Waals surface area contributed by atoms with Crippen LogP contribution in [0, 0.1) is 0 Å². The van der Waals surface area contributed by atoms with Crippen molar-refractivity contribution < 1.29 is 28.9 Å². The van der Waals surface area contributed by atoms with Gasteiger partial charge in [-0.1, -0.05) is 38.0 Å². The Morgan fingerprint density at radius 1 is 1.00 bits per heavy atom. The maximum Gasteiger partial charge on any atom is 0.295 e. The molecule has 0 aliphatic carbocycles. The number of ether oxygens (including phenoxy) is 3. The number of aliphatic hydroxyl groups excluding tert-OH is 1. The number of Topliss-reactive ketones (excluding diaryl/α,β-unsaturated/α-hetero) is 1. The fraction of sp³-hybridized carbons (Fsp3) is 0.467. The van der Waals surface area contributed by atoms with Crippen LogP contribution < -0.4 is 14.2 Å². The Balaban J connectivity index is 2.06. The molecule has 1 N–H and O–H groups in total. The molecule has 1 fully saturated rings. The van der Waals surface area contributed by atoms with Gasteiger partial charge in [0.1, 0.15) is 11.5 Å². The first-order chi connectivity index (χ1) is 18.3. The maximum absolute atomic E-state index is 13.3. The number of nitrogens with zero attached hydrogens (tertiary/aromatic N) is 2. The van der Waals surface area contributed by atoms with Crippen LogP contribution in [0.5, 0.6) is 17.2 Å². The second kappa shape index (κ2) is 13.9. The molecule has 0 spiro atoms. The third-order valence-corrected chi connectivity index (χ3v) is 6.47. The van der Waals surface area contributed by atoms with Gasteiger partial charge in [-0.15, -0.1) is 0 Å². The Morgan fingerprint density at radius 3 is 2.47 bits per heavy atom. The lowest BCUT2D eigenvalue weighted by Gasteiger charge is -2.26. The summed E-state index contributed by atoms with van der Waals surface area (Å²) in [4.78, 5) is 30.1. The highest BCUT2D eigenvalue weighted by Crippen LogP contribution is 2.42. The van der Waals surface area contributed by atoms with Crippen molar-refractivity contribution in [1.82, 2.24) is 9.80 Å². The number of amides is 1. The molecule has 1 unspecified atom stereocenters. The van der Waals surface area contributed by atoms with Crippen LogP contribution in [0.3, 0.4) is 0 Å². The monoisotopic (exact) mass is 524 g/mol. The Morgan fingerprint density at radius 2 is 1.79 bits per heavy atom. The number of ketones is 1. The molecule has 38 heavy (non-hydrogen) atoms. The summed E-state index contributed by atoms with van der Waals surface area (Å²) in [5.41, 5.74) is 1.12. The SMILES string of the molecule is CCCCCOc1ccc(C2C(=C(O)c3cccc(OCC)c3)C(=O)C(=O)N2CCCN(C)C)cc1OC. The molecule has 3 rings (SSSR count). The van der Waals surface area contributed by atoms with Crippen LogP contribution in [-0.4, -0.2) is 74.1 Å². The van der Waals surface area contributed by atoms with E-state index >= 15 is 0 Å². The van der Waals surface area contributed by atoms with Crippen molar-refractivity contribution in [2.45, 2.75) is 45.6 Å². The molecule has 1 aliphatic rings. The van der Waals surface area contributed by atoms with E-state index in [2.05, 4.69) is 6.92 Å². The molecule has 1 heterocycles. The van der Waals surface area contributed by atoms with E-state index in [9.17, 15) is 14.7 Å². The maximum atomic E-state index is 13.3. The Bertz CT molecular complexity index is 1140. The first-order valence-electron chi connectivity index (χ1n) is 13.3. The summed E-state index contributed by atoms with van der Waals surface area (Å²) in [5.74, 6) is 0.106. The topological polar surface area (TPSA) is 88.5 Å². The van der Waals surface area contributed by atoms with Crippen molar-refractivity contribution in [2.75, 3.05) is 47.5 Å². The lowest BCUT2D eigenvalue weighted by molar-refractivity contribution is -0.139. The van der Waals surface area contributed by atoms with Gasteiger partial charge >= 0.3 is 0 Å². The third kappa shape index (κ3) is 6.86. The molecule has 206 valence electrons. The van der Waals surface area contributed by atoms with E-state index in [4.69, 9.17) is 14.2 Å². The quantitative estimate of drug-likeness (QED) is 0.160. The molecule has 0 saturated carbocycles. The van der Waals surface area contributed by atoms with Gasteiger partial charge in [-0.05, 0) is 70.2 Å². The summed E-state index contributed by atoms with van der Waals surface area (Å²) in [5, 5.41) is 11.4. The number of unbranched alkanes of at least 4 members (excludes halogenated alkanes) is 2. The molecule has 2 aromatic rings. The van der Waals surface area contributed by atoms with Gasteiger partial charge in [0.25, 0.3) is 11.7 Å². The zero-order valence-corrected chi connectivity index (χ0v) is 23.2. The second-order valence-corrected chi connectivity index (χ2v) is 9.58. The van der Waals surface area contributed by atoms with Gasteiger partial charge < -0.3 is 29.1 Å². The first-order valence-corrected chi connectivity index (χ1v) is 13.3. The van der Waals surface area contributed by atoms with Crippen molar-refractivity contribution in [3.05, 3.63) is 59.2 Å². The molecule has 2 aromatic carbocycles. The molecule has 0 bridgehead atoms. The Labute approximate surface area is 225 Å². The first kappa shape index (κ1) is 29.0. The second-order valence-electron chi connectivity index (χ2n) is 9.58. The molecule has 8 heteroatoms. The van der Waals surface area contributed by atoms with Crippen molar-refractivity contribution in [2.24, 2.45) is 0 Å². The summed E-state index contributed by atoms with van der Waals surface area (Å²) in [6.07, 6.45) is 3.78. The van der Waals surface area contributed by atoms with Crippen molar-refractivity contribution in [1.29, 1.82) is 0 Å². The van der Waals surface area contributed by atoms with Gasteiger partial charge in [0.15, 0.2) is 11.5 Å². The smallest absolute Gasteiger partial charge is 0.295 e. The molecule has 1 atom stereocenters. The molecule has 1 saturated heterocycles. The number of benzene rings is 2. The van der Waals surface area contributed by atoms with E-state index in [-0.39, 0.29) is 11.3 Å². The van der Waals surface area contributed by atoms with E-state index in [0.717, 1.165) is 25.8 Å². The number of aliphatic hydroxyl groups is 1. The van der Waals surface area contributed by atoms with Crippen LogP contribution in [0.4, 0.5) is 0 Å². The molecule has 1 aliphatic heterocycles. The summed E-state index contributed by atoms with van der Waals surface area (Å²) in [7, 11) is 5.48. The zero-order valence-electron chi connectivity index (χ0n) is 23.2. The zero-order chi connectivity index (χ0) is 27.7. The van der Waals surface area contributed by atoms with Crippen LogP contribution in [-0.2, 0) is 9.59 Å². The van der Waals surface area contributed by atoms with Crippen LogP contribution in [0.15, 0.2) is 48.0 Å². The van der Waals surface area contributed by atoms with Crippen LogP contribution in [0.25, 0.3) is 5.76 Å². The van der Waals surface area contributed by atoms with Crippen molar-refractivity contribution in [3.63, 3.8) is 0 Å². The van der Waals surface area contributed by atoms with E-state index in [1.165, 1.54) is 0 Å². The fourth-order valence-corrected chi connectivity index (χ4v) is 4.58. The molecule has 1 amide bonds. The minimum Gasteiger partial charge on any atom is -0.507 e. The fourth-order valence-electron chi connectivity index (χ4n) is 4.58. The summed E-state index contributed by atoms with van der Waals surface area (Å²) >= 11 is 0. The highest BCUT2D eigenvalue weighted by Gasteiger charge is 2.46. The van der Waals surface area contributed by atoms with Crippen molar-refractivity contribution in [3.8, 4) is 17.2 Å². The normalized spacial score (nSPS) is 16.8. The Kier molecular flexibility index (Phi) is 10.6. The van der Waals surface area contributed by atoms with Gasteiger partial charge in [-0.25, -0.2) is 0 Å². The molecule has 8 nitrogen and oxygen atoms in total. The number of carbonyl (C=O) groups is 2. The van der Waals surface area contributed by atoms with Gasteiger partial charge in [0.05, 0.1) is 31.9 Å². The van der Waals surface area contributed by atoms with Crippen LogP contribution >= 0.6 is 0 Å². The summed E-state index contributed by atoms with van der Waals surface area (Å²) in [6.45, 7) is 6.16. The van der Waals surface area contributed by atoms with Crippen LogP contribution in [0.2, 0.25) is 0 Å². The number of methoxy groups -OCH3 is 1. The Hall–Kier alpha value is -3.52. The number of carbonyl (C=O) groups excluding carboxylic acids is 2. The highest BCUT2D eigenvalue weighted by atomic mass is 16.5. The average molecular weight is 525 g/mol. The van der Waals surface area contributed by atoms with Gasteiger partial charge in [-0.3, -0.25) is 9.59 Å². The molecule has 0 aromatic heterocycles. The van der Waals surface area contributed by atoms with E-state index < -0.39 is 17.7 Å². The standard InChI is InChI=1S/C30H40N2O6/c1-6-8-9-18-38-24-15-14-21(20-25(24)36-5)27-26(28(33)22-12-10-13-23(19-22)37-7-2)29(34)30(35)32(27)17-11-16-31(3)4/h10,12-15,19-20,27,33H,6-9,11,16-18H2,1-5H3. The third-order valence-electron chi connectivity index (χ3n) is 6.47. The lowest BCUT2D eigenvalue weighted by atomic mass is 9.95. The van der Waals surface area contributed by atoms with Gasteiger partial charge in [0, 0.05) is 12.1 Å². The van der Waals surface area contributed by atoms with Crippen molar-refractivity contribution >= 4 is 17.4 Å². The largest absolute Gasteiger partial charge is 0.507 e. The minimum atomic E-state index is -0.768. The number of hydrogen-bond acceptors (Lipinski definition) is 7. The van der Waals surface area contributed by atoms with E-state index in [1.807, 2.05) is 32.0 Å². The van der Waals surface area contributed by atoms with Crippen LogP contribution in [0.1, 0.15) is 56.7 Å².